The van der Waals surface area contributed by atoms with Crippen LogP contribution in [0.3, 0.4) is 0 Å². The zero-order valence-electron chi connectivity index (χ0n) is 15.4. The number of benzene rings is 3. The minimum atomic E-state index is -0.254. The van der Waals surface area contributed by atoms with Crippen LogP contribution in [0, 0.1) is 0 Å². The van der Waals surface area contributed by atoms with Gasteiger partial charge in [-0.3, -0.25) is 9.59 Å². The van der Waals surface area contributed by atoms with Crippen LogP contribution in [-0.2, 0) is 25.7 Å². The second-order valence-corrected chi connectivity index (χ2v) is 7.44. The van der Waals surface area contributed by atoms with E-state index in [9.17, 15) is 9.59 Å². The van der Waals surface area contributed by atoms with Crippen LogP contribution in [0.2, 0.25) is 0 Å². The van der Waals surface area contributed by atoms with E-state index < -0.39 is 0 Å². The molecule has 6 bridgehead atoms. The van der Waals surface area contributed by atoms with Crippen molar-refractivity contribution in [3.8, 4) is 0 Å². The summed E-state index contributed by atoms with van der Waals surface area (Å²) in [5, 5.41) is 6.12. The highest BCUT2D eigenvalue weighted by Crippen LogP contribution is 2.28. The van der Waals surface area contributed by atoms with Gasteiger partial charge in [0.25, 0.3) is 11.8 Å². The largest absolute Gasteiger partial charge is 0.322 e. The van der Waals surface area contributed by atoms with Gasteiger partial charge in [0.15, 0.2) is 0 Å². The second-order valence-electron chi connectivity index (χ2n) is 7.44. The predicted molar refractivity (Wildman–Crippen MR) is 110 cm³/mol. The molecule has 0 unspecified atom stereocenters. The number of carbonyl (C=O) groups is 2. The van der Waals surface area contributed by atoms with E-state index in [1.807, 2.05) is 0 Å². The molecule has 5 aliphatic rings. The van der Waals surface area contributed by atoms with E-state index in [0.29, 0.717) is 11.1 Å². The maximum absolute atomic E-state index is 13.0. The van der Waals surface area contributed by atoms with Crippen LogP contribution in [0.15, 0.2) is 60.7 Å². The summed E-state index contributed by atoms with van der Waals surface area (Å²) < 4.78 is 0. The summed E-state index contributed by atoms with van der Waals surface area (Å²) in [6, 6.07) is 19.7. The van der Waals surface area contributed by atoms with Gasteiger partial charge in [0.1, 0.15) is 0 Å². The quantitative estimate of drug-likeness (QED) is 0.618. The van der Waals surface area contributed by atoms with E-state index in [1.54, 1.807) is 24.3 Å². The number of anilines is 2. The zero-order valence-corrected chi connectivity index (χ0v) is 15.4. The molecule has 2 amide bonds. The van der Waals surface area contributed by atoms with Crippen molar-refractivity contribution in [2.45, 2.75) is 25.7 Å². The van der Waals surface area contributed by atoms with Crippen molar-refractivity contribution in [1.82, 2.24) is 0 Å². The molecule has 0 saturated heterocycles. The van der Waals surface area contributed by atoms with Gasteiger partial charge in [-0.2, -0.15) is 0 Å². The van der Waals surface area contributed by atoms with E-state index >= 15 is 0 Å². The number of hydrogen-bond donors (Lipinski definition) is 2. The molecular formula is C24H20N2O2. The summed E-state index contributed by atoms with van der Waals surface area (Å²) in [5.41, 5.74) is 7.05. The molecule has 4 heteroatoms. The molecule has 0 aromatic heterocycles. The van der Waals surface area contributed by atoms with Crippen LogP contribution < -0.4 is 10.6 Å². The number of nitrogens with one attached hydrogen (secondary N) is 2. The maximum atomic E-state index is 13.0. The van der Waals surface area contributed by atoms with Crippen molar-refractivity contribution >= 4 is 23.2 Å². The maximum Gasteiger partial charge on any atom is 0.256 e. The Kier molecular flexibility index (Phi) is 3.97. The standard InChI is InChI=1S/C24H20N2O2/c27-23-19-3-1-2-4-20(19)24(28)26-22-14-16-6-5-15-7-9-17(21(13-15)25-23)11-12-18(22)10-8-16/h1-4,7-10,13-14H,5-6,11-12H2,(H,25,27)(H,26,28). The highest BCUT2D eigenvalue weighted by molar-refractivity contribution is 6.15. The van der Waals surface area contributed by atoms with Crippen molar-refractivity contribution in [3.05, 3.63) is 94.0 Å². The van der Waals surface area contributed by atoms with E-state index in [4.69, 9.17) is 0 Å². The molecule has 8 rings (SSSR count). The van der Waals surface area contributed by atoms with Gasteiger partial charge in [-0.25, -0.2) is 0 Å². The number of carbonyl (C=O) groups excluding carboxylic acids is 2. The molecule has 3 aromatic rings. The monoisotopic (exact) mass is 368 g/mol. The number of rotatable bonds is 0. The normalized spacial score (nSPS) is 15.3. The first-order chi connectivity index (χ1) is 13.7. The highest BCUT2D eigenvalue weighted by Gasteiger charge is 2.21. The van der Waals surface area contributed by atoms with Crippen LogP contribution in [0.25, 0.3) is 0 Å². The summed E-state index contributed by atoms with van der Waals surface area (Å²) in [7, 11) is 0. The molecule has 28 heavy (non-hydrogen) atoms. The Morgan fingerprint density at radius 2 is 1.04 bits per heavy atom. The van der Waals surface area contributed by atoms with Crippen molar-refractivity contribution in [2.24, 2.45) is 0 Å². The third-order valence-electron chi connectivity index (χ3n) is 5.63. The third-order valence-corrected chi connectivity index (χ3v) is 5.63. The zero-order chi connectivity index (χ0) is 19.1. The topological polar surface area (TPSA) is 58.2 Å². The Morgan fingerprint density at radius 1 is 0.571 bits per heavy atom. The van der Waals surface area contributed by atoms with E-state index in [1.165, 1.54) is 11.1 Å². The number of fused-ring (bicyclic) bond motifs is 1. The number of aryl methyl sites for hydroxylation is 4. The van der Waals surface area contributed by atoms with Gasteiger partial charge in [0, 0.05) is 11.4 Å². The minimum absolute atomic E-state index is 0.254. The van der Waals surface area contributed by atoms with Gasteiger partial charge in [-0.05, 0) is 72.2 Å². The summed E-state index contributed by atoms with van der Waals surface area (Å²) in [5.74, 6) is -0.508. The molecule has 0 fully saturated rings. The van der Waals surface area contributed by atoms with E-state index in [-0.39, 0.29) is 11.8 Å². The van der Waals surface area contributed by atoms with Gasteiger partial charge < -0.3 is 10.6 Å². The van der Waals surface area contributed by atoms with Crippen molar-refractivity contribution in [3.63, 3.8) is 0 Å². The molecule has 0 saturated carbocycles. The van der Waals surface area contributed by atoms with Crippen LogP contribution in [-0.4, -0.2) is 11.8 Å². The first-order valence-corrected chi connectivity index (χ1v) is 9.63. The minimum Gasteiger partial charge on any atom is -0.322 e. The van der Waals surface area contributed by atoms with Gasteiger partial charge in [-0.15, -0.1) is 0 Å². The lowest BCUT2D eigenvalue weighted by atomic mass is 9.93. The molecule has 1 aliphatic heterocycles. The lowest BCUT2D eigenvalue weighted by Crippen LogP contribution is -2.22. The van der Waals surface area contributed by atoms with Gasteiger partial charge >= 0.3 is 0 Å². The summed E-state index contributed by atoms with van der Waals surface area (Å²) >= 11 is 0. The molecule has 1 heterocycles. The van der Waals surface area contributed by atoms with Crippen molar-refractivity contribution < 1.29 is 9.59 Å². The molecule has 0 atom stereocenters. The fraction of sp³-hybridized carbons (Fsp3) is 0.167. The second kappa shape index (κ2) is 6.64. The summed E-state index contributed by atoms with van der Waals surface area (Å²) in [6.45, 7) is 0. The Balaban J connectivity index is 1.75. The first-order valence-electron chi connectivity index (χ1n) is 9.63. The van der Waals surface area contributed by atoms with Crippen molar-refractivity contribution in [2.75, 3.05) is 10.6 Å². The molecule has 0 radical (unpaired) electrons. The molecule has 138 valence electrons. The SMILES string of the molecule is O=C1Nc2cc3ccc2CCc2ccc(cc2NC(=O)c2ccccc21)CC3. The molecule has 2 N–H and O–H groups in total. The Morgan fingerprint density at radius 3 is 1.50 bits per heavy atom. The third kappa shape index (κ3) is 2.97. The van der Waals surface area contributed by atoms with Crippen LogP contribution in [0.1, 0.15) is 43.0 Å². The Labute approximate surface area is 163 Å². The van der Waals surface area contributed by atoms with Gasteiger partial charge in [-0.1, -0.05) is 36.4 Å². The van der Waals surface area contributed by atoms with Crippen LogP contribution >= 0.6 is 0 Å². The fourth-order valence-electron chi connectivity index (χ4n) is 4.04. The molecular weight excluding hydrogens is 348 g/mol. The van der Waals surface area contributed by atoms with E-state index in [0.717, 1.165) is 48.2 Å². The average Bonchev–Trinajstić information content (AvgIpc) is 2.70. The predicted octanol–water partition coefficient (Wildman–Crippen LogP) is 4.39. The lowest BCUT2D eigenvalue weighted by Gasteiger charge is -2.20. The molecule has 3 aromatic carbocycles. The Bertz CT molecular complexity index is 1030. The first kappa shape index (κ1) is 16.8. The molecule has 4 aliphatic carbocycles. The molecule has 4 nitrogen and oxygen atoms in total. The number of amides is 2. The van der Waals surface area contributed by atoms with Crippen LogP contribution in [0.5, 0.6) is 0 Å². The average molecular weight is 368 g/mol. The summed E-state index contributed by atoms with van der Waals surface area (Å²) in [6.07, 6.45) is 3.35. The van der Waals surface area contributed by atoms with Crippen molar-refractivity contribution in [1.29, 1.82) is 0 Å². The van der Waals surface area contributed by atoms with E-state index in [2.05, 4.69) is 47.0 Å². The molecule has 0 spiro atoms. The smallest absolute Gasteiger partial charge is 0.256 e. The Hall–Kier alpha value is -3.40. The number of hydrogen-bond acceptors (Lipinski definition) is 2. The fourth-order valence-corrected chi connectivity index (χ4v) is 4.04. The summed E-state index contributed by atoms with van der Waals surface area (Å²) in [4.78, 5) is 26.0. The highest BCUT2D eigenvalue weighted by atomic mass is 16.2. The van der Waals surface area contributed by atoms with Gasteiger partial charge in [0.05, 0.1) is 11.1 Å². The lowest BCUT2D eigenvalue weighted by molar-refractivity contribution is 0.0990. The van der Waals surface area contributed by atoms with Crippen LogP contribution in [0.4, 0.5) is 11.4 Å². The van der Waals surface area contributed by atoms with Gasteiger partial charge in [0.2, 0.25) is 0 Å².